The zero-order chi connectivity index (χ0) is 39.5. The van der Waals surface area contributed by atoms with Crippen molar-refractivity contribution in [1.29, 1.82) is 0 Å². The van der Waals surface area contributed by atoms with Gasteiger partial charge in [0.05, 0.1) is 47.6 Å². The Labute approximate surface area is 328 Å². The first-order valence-corrected chi connectivity index (χ1v) is 26.6. The van der Waals surface area contributed by atoms with Crippen LogP contribution in [0.25, 0.3) is 51.3 Å². The molecule has 2 aromatic carbocycles. The smallest absolute Gasteiger partial charge is 0.350 e. The summed E-state index contributed by atoms with van der Waals surface area (Å²) in [5.41, 5.74) is 4.76. The lowest BCUT2D eigenvalue weighted by Crippen LogP contribution is -2.36. The highest BCUT2D eigenvalue weighted by Gasteiger charge is 2.24. The second kappa shape index (κ2) is 16.7. The van der Waals surface area contributed by atoms with Gasteiger partial charge >= 0.3 is 5.69 Å². The van der Waals surface area contributed by atoms with E-state index in [0.29, 0.717) is 49.0 Å². The first kappa shape index (κ1) is 39.4. The summed E-state index contributed by atoms with van der Waals surface area (Å²) in [6.45, 7) is 17.2. The molecule has 0 aliphatic carbocycles. The van der Waals surface area contributed by atoms with E-state index in [0.717, 1.165) is 47.5 Å². The molecule has 12 nitrogen and oxygen atoms in total. The third-order valence-electron chi connectivity index (χ3n) is 9.74. The molecule has 0 amide bonds. The summed E-state index contributed by atoms with van der Waals surface area (Å²) in [6.07, 6.45) is 5.55. The van der Waals surface area contributed by atoms with Gasteiger partial charge in [0.25, 0.3) is 0 Å². The van der Waals surface area contributed by atoms with Gasteiger partial charge in [0.15, 0.2) is 11.5 Å². The number of fused-ring (bicyclic) bond motifs is 2. The SMILES string of the molecule is C[Si](C)(C)CCOCn1nc(-c2ccc(-c3c(C=Cc4ccc5ccccc5n4)nc4c(N5CCOCC5)ccnn34)cc2F)n(COCC[Si](C)(C)C)c1=O. The first-order valence-electron chi connectivity index (χ1n) is 19.2. The van der Waals surface area contributed by atoms with Crippen molar-refractivity contribution >= 4 is 50.5 Å². The van der Waals surface area contributed by atoms with Crippen LogP contribution >= 0.6 is 0 Å². The monoisotopic (exact) mass is 794 g/mol. The van der Waals surface area contributed by atoms with E-state index >= 15 is 4.39 Å². The summed E-state index contributed by atoms with van der Waals surface area (Å²) in [7, 11) is -2.71. The summed E-state index contributed by atoms with van der Waals surface area (Å²) in [4.78, 5) is 25.8. The molecule has 1 saturated heterocycles. The molecule has 0 spiro atoms. The molecule has 7 rings (SSSR count). The molecule has 0 bridgehead atoms. The van der Waals surface area contributed by atoms with Gasteiger partial charge in [-0.25, -0.2) is 23.7 Å². The van der Waals surface area contributed by atoms with Gasteiger partial charge in [0, 0.05) is 53.4 Å². The van der Waals surface area contributed by atoms with E-state index in [2.05, 4.69) is 49.3 Å². The molecule has 1 aliphatic heterocycles. The van der Waals surface area contributed by atoms with E-state index in [9.17, 15) is 4.79 Å². The van der Waals surface area contributed by atoms with Crippen LogP contribution in [0.2, 0.25) is 51.4 Å². The van der Waals surface area contributed by atoms with Crippen molar-refractivity contribution in [3.8, 4) is 22.6 Å². The Morgan fingerprint density at radius 2 is 1.59 bits per heavy atom. The number of aromatic nitrogens is 7. The number of para-hydroxylation sites is 1. The van der Waals surface area contributed by atoms with Crippen LogP contribution in [-0.2, 0) is 27.7 Å². The van der Waals surface area contributed by atoms with Crippen LogP contribution in [0.4, 0.5) is 10.1 Å². The maximum absolute atomic E-state index is 16.6. The van der Waals surface area contributed by atoms with E-state index < -0.39 is 27.7 Å². The minimum absolute atomic E-state index is 0.0291. The topological polar surface area (TPSA) is 114 Å². The highest BCUT2D eigenvalue weighted by molar-refractivity contribution is 6.76. The second-order valence-electron chi connectivity index (χ2n) is 16.6. The van der Waals surface area contributed by atoms with E-state index in [1.807, 2.05) is 60.7 Å². The maximum Gasteiger partial charge on any atom is 0.350 e. The molecular weight excluding hydrogens is 744 g/mol. The van der Waals surface area contributed by atoms with Gasteiger partial charge in [-0.3, -0.25) is 4.57 Å². The Morgan fingerprint density at radius 1 is 0.857 bits per heavy atom. The van der Waals surface area contributed by atoms with Crippen LogP contribution in [0, 0.1) is 5.82 Å². The molecule has 0 saturated carbocycles. The number of morpholine rings is 1. The fraction of sp³-hybridized carbons (Fsp3) is 0.390. The minimum atomic E-state index is -1.37. The number of rotatable bonds is 15. The second-order valence-corrected chi connectivity index (χ2v) is 27.8. The number of benzene rings is 2. The Bertz CT molecular complexity index is 2410. The van der Waals surface area contributed by atoms with Gasteiger partial charge in [-0.2, -0.15) is 9.78 Å². The number of imidazole rings is 1. The zero-order valence-corrected chi connectivity index (χ0v) is 35.2. The summed E-state index contributed by atoms with van der Waals surface area (Å²) >= 11 is 0. The van der Waals surface area contributed by atoms with Crippen LogP contribution in [0.3, 0.4) is 0 Å². The average Bonchev–Trinajstić information content (AvgIpc) is 3.70. The van der Waals surface area contributed by atoms with Crippen molar-refractivity contribution in [2.45, 2.75) is 64.8 Å². The quantitative estimate of drug-likeness (QED) is 0.0761. The number of ether oxygens (including phenoxy) is 3. The van der Waals surface area contributed by atoms with Crippen LogP contribution in [0.15, 0.2) is 71.7 Å². The molecule has 0 N–H and O–H groups in total. The van der Waals surface area contributed by atoms with Gasteiger partial charge in [-0.05, 0) is 54.6 Å². The molecule has 1 fully saturated rings. The maximum atomic E-state index is 16.6. The van der Waals surface area contributed by atoms with Crippen molar-refractivity contribution in [2.24, 2.45) is 0 Å². The minimum Gasteiger partial charge on any atom is -0.378 e. The van der Waals surface area contributed by atoms with Crippen molar-refractivity contribution in [3.63, 3.8) is 0 Å². The molecular formula is C41H51FN8O4Si2. The average molecular weight is 795 g/mol. The molecule has 5 heterocycles. The lowest BCUT2D eigenvalue weighted by atomic mass is 10.1. The Kier molecular flexibility index (Phi) is 11.8. The van der Waals surface area contributed by atoms with Gasteiger partial charge in [0.1, 0.15) is 25.0 Å². The fourth-order valence-electron chi connectivity index (χ4n) is 6.48. The van der Waals surface area contributed by atoms with Gasteiger partial charge < -0.3 is 19.1 Å². The van der Waals surface area contributed by atoms with Crippen molar-refractivity contribution < 1.29 is 18.6 Å². The molecule has 0 atom stereocenters. The highest BCUT2D eigenvalue weighted by atomic mass is 28.3. The number of anilines is 1. The number of hydrogen-bond donors (Lipinski definition) is 0. The molecule has 1 aliphatic rings. The van der Waals surface area contributed by atoms with E-state index in [1.165, 1.54) is 15.3 Å². The molecule has 6 aromatic rings. The van der Waals surface area contributed by atoms with Crippen LogP contribution in [0.5, 0.6) is 0 Å². The lowest BCUT2D eigenvalue weighted by molar-refractivity contribution is 0.0692. The molecule has 0 unspecified atom stereocenters. The summed E-state index contributed by atoms with van der Waals surface area (Å²) < 4.78 is 38.5. The predicted octanol–water partition coefficient (Wildman–Crippen LogP) is 7.74. The summed E-state index contributed by atoms with van der Waals surface area (Å²) in [5.74, 6) is -0.373. The molecule has 4 aromatic heterocycles. The van der Waals surface area contributed by atoms with Crippen LogP contribution in [-0.4, -0.2) is 89.6 Å². The molecule has 294 valence electrons. The third-order valence-corrected chi connectivity index (χ3v) is 13.1. The van der Waals surface area contributed by atoms with E-state index in [1.54, 1.807) is 16.8 Å². The normalized spacial score (nSPS) is 14.2. The number of nitrogens with zero attached hydrogens (tertiary/aromatic N) is 8. The van der Waals surface area contributed by atoms with E-state index in [-0.39, 0.29) is 24.8 Å². The standard InChI is InChI=1S/C41H51FN8O4Si2/c1-55(2,3)25-23-53-28-48-39(46-49(41(48)51)29-54-24-26-56(4,5)6)33-15-12-31(27-34(33)42)38-36(16-14-32-13-11-30-9-7-8-10-35(30)44-32)45-40-37(17-18-43-50(38)40)47-19-21-52-22-20-47/h7-18,27H,19-26,28-29H2,1-6H3. The van der Waals surface area contributed by atoms with Gasteiger partial charge in [-0.1, -0.05) is 69.6 Å². The Balaban J connectivity index is 1.27. The highest BCUT2D eigenvalue weighted by Crippen LogP contribution is 2.33. The largest absolute Gasteiger partial charge is 0.378 e. The van der Waals surface area contributed by atoms with Gasteiger partial charge in [0.2, 0.25) is 0 Å². The number of halogens is 1. The molecule has 15 heteroatoms. The lowest BCUT2D eigenvalue weighted by Gasteiger charge is -2.28. The molecule has 0 radical (unpaired) electrons. The molecule has 56 heavy (non-hydrogen) atoms. The Hall–Kier alpha value is -4.81. The Morgan fingerprint density at radius 3 is 2.32 bits per heavy atom. The van der Waals surface area contributed by atoms with E-state index in [4.69, 9.17) is 29.3 Å². The fourth-order valence-corrected chi connectivity index (χ4v) is 7.99. The van der Waals surface area contributed by atoms with Crippen molar-refractivity contribution in [2.75, 3.05) is 44.4 Å². The third kappa shape index (κ3) is 9.24. The summed E-state index contributed by atoms with van der Waals surface area (Å²) in [6, 6.07) is 20.7. The summed E-state index contributed by atoms with van der Waals surface area (Å²) in [5, 5.41) is 10.4. The predicted molar refractivity (Wildman–Crippen MR) is 226 cm³/mol. The zero-order valence-electron chi connectivity index (χ0n) is 33.2. The first-order chi connectivity index (χ1) is 26.8. The van der Waals surface area contributed by atoms with Crippen molar-refractivity contribution in [3.05, 3.63) is 94.5 Å². The van der Waals surface area contributed by atoms with Crippen molar-refractivity contribution in [1.82, 2.24) is 33.9 Å². The van der Waals surface area contributed by atoms with Crippen LogP contribution < -0.4 is 10.6 Å². The van der Waals surface area contributed by atoms with Crippen LogP contribution in [0.1, 0.15) is 11.4 Å². The van der Waals surface area contributed by atoms with Gasteiger partial charge in [-0.15, -0.1) is 5.10 Å². The number of pyridine rings is 1. The number of hydrogen-bond acceptors (Lipinski definition) is 9.